The summed E-state index contributed by atoms with van der Waals surface area (Å²) in [5.74, 6) is -3.30. The van der Waals surface area contributed by atoms with Gasteiger partial charge in [0.15, 0.2) is 0 Å². The average molecular weight is 668 g/mol. The molecule has 0 unspecified atom stereocenters. The fourth-order valence-electron chi connectivity index (χ4n) is 8.62. The lowest BCUT2D eigenvalue weighted by Gasteiger charge is -2.42. The number of rotatable bonds is 6. The van der Waals surface area contributed by atoms with Gasteiger partial charge < -0.3 is 29.7 Å². The van der Waals surface area contributed by atoms with E-state index in [0.717, 1.165) is 43.2 Å². The number of amides is 3. The van der Waals surface area contributed by atoms with Crippen LogP contribution in [-0.2, 0) is 35.1 Å². The maximum absolute atomic E-state index is 15.1. The summed E-state index contributed by atoms with van der Waals surface area (Å²) >= 11 is 0. The van der Waals surface area contributed by atoms with Crippen LogP contribution < -0.4 is 5.32 Å². The number of nitrogens with one attached hydrogen (secondary N) is 1. The molecule has 4 heterocycles. The number of benzene rings is 2. The van der Waals surface area contributed by atoms with Crippen molar-refractivity contribution in [2.75, 3.05) is 19.8 Å². The van der Waals surface area contributed by atoms with Crippen molar-refractivity contribution in [3.05, 3.63) is 96.1 Å². The second-order valence-electron chi connectivity index (χ2n) is 13.9. The van der Waals surface area contributed by atoms with Crippen LogP contribution in [0.4, 0.5) is 0 Å². The molecule has 1 aliphatic carbocycles. The Balaban J connectivity index is 1.31. The molecule has 5 aliphatic rings. The average Bonchev–Trinajstić information content (AvgIpc) is 3.78. The second kappa shape index (κ2) is 14.3. The number of nitrogens with zero attached hydrogens (tertiary/aromatic N) is 2. The SMILES string of the molecule is O=C1CC/C=C\CN(C2CCCCC2)C(=O)[C@@H]2N([C@@H](CO)Cc3ccccc3)C(=O)[C@H]3[C@H](C(=O)N[C@H](c4ccccc4)CO1)[C@@H]1C=C[C@]23O1. The van der Waals surface area contributed by atoms with Gasteiger partial charge in [-0.05, 0) is 36.8 Å². The Morgan fingerprint density at radius 3 is 2.39 bits per heavy atom. The molecule has 5 bridgehead atoms. The van der Waals surface area contributed by atoms with Gasteiger partial charge >= 0.3 is 5.97 Å². The number of carbonyl (C=O) groups is 4. The molecule has 7 atom stereocenters. The maximum Gasteiger partial charge on any atom is 0.306 e. The molecule has 0 radical (unpaired) electrons. The number of likely N-dealkylation sites (tertiary alicyclic amines) is 1. The van der Waals surface area contributed by atoms with Gasteiger partial charge in [0.05, 0.1) is 36.6 Å². The maximum atomic E-state index is 15.1. The Hall–Kier alpha value is -4.28. The number of aliphatic hydroxyl groups is 1. The number of ether oxygens (including phenoxy) is 2. The van der Waals surface area contributed by atoms with E-state index >= 15 is 4.79 Å². The zero-order chi connectivity index (χ0) is 34.0. The summed E-state index contributed by atoms with van der Waals surface area (Å²) in [5.41, 5.74) is 0.311. The number of hydrogen-bond acceptors (Lipinski definition) is 7. The molecule has 7 rings (SSSR count). The zero-order valence-corrected chi connectivity index (χ0v) is 27.7. The predicted molar refractivity (Wildman–Crippen MR) is 181 cm³/mol. The van der Waals surface area contributed by atoms with Crippen LogP contribution in [0.5, 0.6) is 0 Å². The molecule has 2 N–H and O–H groups in total. The predicted octanol–water partition coefficient (Wildman–Crippen LogP) is 3.65. The van der Waals surface area contributed by atoms with Crippen molar-refractivity contribution in [3.63, 3.8) is 0 Å². The fraction of sp³-hybridized carbons (Fsp3) is 0.487. The molecule has 2 aromatic carbocycles. The molecular formula is C39H45N3O7. The fourth-order valence-corrected chi connectivity index (χ4v) is 8.62. The molecule has 2 saturated heterocycles. The normalized spacial score (nSPS) is 32.1. The van der Waals surface area contributed by atoms with E-state index in [1.807, 2.05) is 83.8 Å². The Morgan fingerprint density at radius 2 is 1.65 bits per heavy atom. The molecule has 2 aromatic rings. The molecule has 1 spiro atoms. The molecule has 10 heteroatoms. The number of carbonyl (C=O) groups excluding carboxylic acids is 4. The quantitative estimate of drug-likeness (QED) is 0.356. The van der Waals surface area contributed by atoms with Crippen molar-refractivity contribution in [1.29, 1.82) is 0 Å². The van der Waals surface area contributed by atoms with E-state index in [9.17, 15) is 19.5 Å². The molecule has 3 fully saturated rings. The van der Waals surface area contributed by atoms with E-state index in [0.29, 0.717) is 19.4 Å². The van der Waals surface area contributed by atoms with Gasteiger partial charge in [0.2, 0.25) is 17.7 Å². The van der Waals surface area contributed by atoms with E-state index < -0.39 is 47.6 Å². The summed E-state index contributed by atoms with van der Waals surface area (Å²) in [5, 5.41) is 13.9. The number of allylic oxidation sites excluding steroid dienone is 1. The Morgan fingerprint density at radius 1 is 0.918 bits per heavy atom. The van der Waals surface area contributed by atoms with Crippen molar-refractivity contribution >= 4 is 23.7 Å². The summed E-state index contributed by atoms with van der Waals surface area (Å²) in [7, 11) is 0. The minimum Gasteiger partial charge on any atom is -0.463 e. The lowest BCUT2D eigenvalue weighted by molar-refractivity contribution is -0.152. The van der Waals surface area contributed by atoms with Crippen molar-refractivity contribution in [2.24, 2.45) is 11.8 Å². The van der Waals surface area contributed by atoms with Crippen molar-refractivity contribution < 1.29 is 33.8 Å². The van der Waals surface area contributed by atoms with Crippen LogP contribution >= 0.6 is 0 Å². The van der Waals surface area contributed by atoms with Gasteiger partial charge in [-0.2, -0.15) is 0 Å². The van der Waals surface area contributed by atoms with Gasteiger partial charge in [0.25, 0.3) is 0 Å². The zero-order valence-electron chi connectivity index (χ0n) is 27.7. The summed E-state index contributed by atoms with van der Waals surface area (Å²) < 4.78 is 12.3. The molecule has 49 heavy (non-hydrogen) atoms. The first-order chi connectivity index (χ1) is 23.9. The van der Waals surface area contributed by atoms with E-state index in [2.05, 4.69) is 5.32 Å². The number of fused-ring (bicyclic) bond motifs is 2. The van der Waals surface area contributed by atoms with Crippen molar-refractivity contribution in [2.45, 2.75) is 87.2 Å². The highest BCUT2D eigenvalue weighted by Crippen LogP contribution is 2.56. The minimum absolute atomic E-state index is 0.0274. The third kappa shape index (κ3) is 6.32. The van der Waals surface area contributed by atoms with E-state index in [-0.39, 0.29) is 43.5 Å². The number of hydrogen-bond donors (Lipinski definition) is 2. The molecule has 0 aromatic heterocycles. The topological polar surface area (TPSA) is 125 Å². The van der Waals surface area contributed by atoms with Crippen molar-refractivity contribution in [3.8, 4) is 0 Å². The first kappa shape index (κ1) is 33.2. The van der Waals surface area contributed by atoms with E-state index in [1.165, 1.54) is 0 Å². The van der Waals surface area contributed by atoms with E-state index in [4.69, 9.17) is 9.47 Å². The number of esters is 1. The standard InChI is InChI=1S/C39H45N3O7/c43-24-29(23-26-13-5-1-6-14-26)42-35-38(47)41(28-17-9-3-10-18-28)22-12-4-11-19-32(44)48-25-30(27-15-7-2-8-16-27)40-36(45)33-31-20-21-39(35,49-31)34(33)37(42)46/h1-2,4-8,12-16,20-21,28-31,33-35,43H,3,9-11,17-19,22-25H2,(H,40,45)/b12-4-/t29-,30+,31+,33-,34-,35+,39-/m1/s1. The third-order valence-electron chi connectivity index (χ3n) is 11.0. The van der Waals surface area contributed by atoms with Gasteiger partial charge in [0, 0.05) is 19.0 Å². The largest absolute Gasteiger partial charge is 0.463 e. The summed E-state index contributed by atoms with van der Waals surface area (Å²) in [6.45, 7) is -0.113. The highest BCUT2D eigenvalue weighted by Gasteiger charge is 2.74. The molecule has 258 valence electrons. The highest BCUT2D eigenvalue weighted by molar-refractivity contribution is 6.00. The molecule has 3 amide bonds. The molecule has 10 nitrogen and oxygen atoms in total. The van der Waals surface area contributed by atoms with Gasteiger partial charge in [-0.15, -0.1) is 0 Å². The molecule has 1 saturated carbocycles. The van der Waals surface area contributed by atoms with Crippen LogP contribution in [0.15, 0.2) is 85.0 Å². The number of cyclic esters (lactones) is 1. The minimum atomic E-state index is -1.37. The lowest BCUT2D eigenvalue weighted by Crippen LogP contribution is -2.60. The Labute approximate surface area is 287 Å². The van der Waals surface area contributed by atoms with Gasteiger partial charge in [0.1, 0.15) is 18.2 Å². The van der Waals surface area contributed by atoms with Gasteiger partial charge in [-0.1, -0.05) is 104 Å². The number of aliphatic hydroxyl groups excluding tert-OH is 1. The summed E-state index contributed by atoms with van der Waals surface area (Å²) in [6.07, 6.45) is 12.5. The molecular weight excluding hydrogens is 622 g/mol. The first-order valence-electron chi connectivity index (χ1n) is 17.7. The van der Waals surface area contributed by atoms with Crippen LogP contribution in [0.1, 0.15) is 62.1 Å². The monoisotopic (exact) mass is 667 g/mol. The van der Waals surface area contributed by atoms with E-state index in [1.54, 1.807) is 11.0 Å². The van der Waals surface area contributed by atoms with Gasteiger partial charge in [-0.25, -0.2) is 0 Å². The Bertz CT molecular complexity index is 1590. The highest BCUT2D eigenvalue weighted by atomic mass is 16.5. The van der Waals surface area contributed by atoms with Crippen LogP contribution in [0.25, 0.3) is 0 Å². The van der Waals surface area contributed by atoms with Crippen LogP contribution in [0.2, 0.25) is 0 Å². The van der Waals surface area contributed by atoms with Crippen LogP contribution in [0, 0.1) is 11.8 Å². The van der Waals surface area contributed by atoms with Crippen molar-refractivity contribution in [1.82, 2.24) is 15.1 Å². The third-order valence-corrected chi connectivity index (χ3v) is 11.0. The van der Waals surface area contributed by atoms with Gasteiger partial charge in [-0.3, -0.25) is 19.2 Å². The summed E-state index contributed by atoms with van der Waals surface area (Å²) in [4.78, 5) is 60.5. The molecule has 4 aliphatic heterocycles. The second-order valence-corrected chi connectivity index (χ2v) is 13.9. The van der Waals surface area contributed by atoms with Crippen LogP contribution in [0.3, 0.4) is 0 Å². The smallest absolute Gasteiger partial charge is 0.306 e. The lowest BCUT2D eigenvalue weighted by atomic mass is 9.74. The first-order valence-corrected chi connectivity index (χ1v) is 17.7. The summed E-state index contributed by atoms with van der Waals surface area (Å²) in [6, 6.07) is 16.4. The Kier molecular flexibility index (Phi) is 9.69. The van der Waals surface area contributed by atoms with Crippen LogP contribution in [-0.4, -0.2) is 88.2 Å².